The van der Waals surface area contributed by atoms with Crippen molar-refractivity contribution in [3.05, 3.63) is 36.0 Å². The van der Waals surface area contributed by atoms with Crippen molar-refractivity contribution in [3.63, 3.8) is 0 Å². The molecule has 1 aromatic heterocycles. The summed E-state index contributed by atoms with van der Waals surface area (Å²) in [6, 6.07) is 6.70. The average molecular weight is 315 g/mol. The standard InChI is InChI=1S/C13H12F3N3O3/c1-21-9-4-2-3-8(7-9)17-11(20)6-5-10-18-12(22-19-10)13(14,15)16/h2-4,7H,5-6H2,1H3,(H,17,20). The minimum atomic E-state index is -4.69. The molecule has 0 spiro atoms. The Bertz CT molecular complexity index is 655. The molecule has 1 heterocycles. The van der Waals surface area contributed by atoms with E-state index in [-0.39, 0.29) is 24.6 Å². The number of methoxy groups -OCH3 is 1. The number of aromatic nitrogens is 2. The molecule has 0 radical (unpaired) electrons. The molecule has 2 aromatic rings. The van der Waals surface area contributed by atoms with Gasteiger partial charge in [0.25, 0.3) is 0 Å². The van der Waals surface area contributed by atoms with Crippen molar-refractivity contribution < 1.29 is 27.2 Å². The summed E-state index contributed by atoms with van der Waals surface area (Å²) in [5.74, 6) is -1.40. The van der Waals surface area contributed by atoms with Crippen molar-refractivity contribution in [2.24, 2.45) is 0 Å². The highest BCUT2D eigenvalue weighted by Crippen LogP contribution is 2.27. The summed E-state index contributed by atoms with van der Waals surface area (Å²) in [4.78, 5) is 14.9. The van der Waals surface area contributed by atoms with Crippen LogP contribution in [0.4, 0.5) is 18.9 Å². The van der Waals surface area contributed by atoms with Gasteiger partial charge in [0.15, 0.2) is 5.82 Å². The number of ether oxygens (including phenoxy) is 1. The van der Waals surface area contributed by atoms with E-state index in [4.69, 9.17) is 4.74 Å². The van der Waals surface area contributed by atoms with Gasteiger partial charge in [-0.15, -0.1) is 0 Å². The van der Waals surface area contributed by atoms with E-state index >= 15 is 0 Å². The minimum absolute atomic E-state index is 0.0601. The highest BCUT2D eigenvalue weighted by atomic mass is 19.4. The van der Waals surface area contributed by atoms with Gasteiger partial charge >= 0.3 is 12.1 Å². The molecular formula is C13H12F3N3O3. The van der Waals surface area contributed by atoms with E-state index in [1.807, 2.05) is 0 Å². The average Bonchev–Trinajstić information content (AvgIpc) is 2.94. The largest absolute Gasteiger partial charge is 0.497 e. The van der Waals surface area contributed by atoms with Crippen LogP contribution in [-0.4, -0.2) is 23.2 Å². The second kappa shape index (κ2) is 6.46. The van der Waals surface area contributed by atoms with Crippen molar-refractivity contribution in [3.8, 4) is 5.75 Å². The molecule has 0 aliphatic carbocycles. The van der Waals surface area contributed by atoms with Gasteiger partial charge in [0.2, 0.25) is 5.91 Å². The summed E-state index contributed by atoms with van der Waals surface area (Å²) in [6.07, 6.45) is -4.82. The van der Waals surface area contributed by atoms with Gasteiger partial charge in [-0.25, -0.2) is 0 Å². The molecule has 0 fully saturated rings. The quantitative estimate of drug-likeness (QED) is 0.918. The summed E-state index contributed by atoms with van der Waals surface area (Å²) in [6.45, 7) is 0. The lowest BCUT2D eigenvalue weighted by Crippen LogP contribution is -2.13. The first-order chi connectivity index (χ1) is 10.4. The number of benzene rings is 1. The number of carbonyl (C=O) groups excluding carboxylic acids is 1. The van der Waals surface area contributed by atoms with Crippen LogP contribution in [0.1, 0.15) is 18.1 Å². The van der Waals surface area contributed by atoms with Crippen LogP contribution in [0.2, 0.25) is 0 Å². The summed E-state index contributed by atoms with van der Waals surface area (Å²) < 4.78 is 45.9. The Kier molecular flexibility index (Phi) is 4.64. The first-order valence-electron chi connectivity index (χ1n) is 6.22. The molecule has 2 rings (SSSR count). The Morgan fingerprint density at radius 2 is 2.18 bits per heavy atom. The van der Waals surface area contributed by atoms with Crippen LogP contribution >= 0.6 is 0 Å². The second-order valence-electron chi connectivity index (χ2n) is 4.29. The molecule has 0 saturated carbocycles. The van der Waals surface area contributed by atoms with Crippen LogP contribution in [-0.2, 0) is 17.4 Å². The third kappa shape index (κ3) is 4.21. The van der Waals surface area contributed by atoms with Crippen LogP contribution in [0.25, 0.3) is 0 Å². The van der Waals surface area contributed by atoms with Gasteiger partial charge in [0.05, 0.1) is 7.11 Å². The summed E-state index contributed by atoms with van der Waals surface area (Å²) in [7, 11) is 1.50. The normalized spacial score (nSPS) is 11.3. The maximum atomic E-state index is 12.3. The maximum absolute atomic E-state index is 12.3. The number of hydrogen-bond donors (Lipinski definition) is 1. The van der Waals surface area contributed by atoms with Gasteiger partial charge in [-0.3, -0.25) is 4.79 Å². The molecule has 0 aliphatic rings. The van der Waals surface area contributed by atoms with Gasteiger partial charge in [0.1, 0.15) is 5.75 Å². The number of rotatable bonds is 5. The number of halogens is 3. The lowest BCUT2D eigenvalue weighted by molar-refractivity contribution is -0.159. The number of hydrogen-bond acceptors (Lipinski definition) is 5. The zero-order chi connectivity index (χ0) is 16.2. The smallest absolute Gasteiger partial charge is 0.471 e. The maximum Gasteiger partial charge on any atom is 0.471 e. The van der Waals surface area contributed by atoms with Crippen molar-refractivity contribution in [2.75, 3.05) is 12.4 Å². The van der Waals surface area contributed by atoms with E-state index in [1.54, 1.807) is 24.3 Å². The van der Waals surface area contributed by atoms with Crippen LogP contribution in [0.5, 0.6) is 5.75 Å². The van der Waals surface area contributed by atoms with Crippen LogP contribution < -0.4 is 10.1 Å². The number of aryl methyl sites for hydroxylation is 1. The van der Waals surface area contributed by atoms with Crippen LogP contribution in [0.15, 0.2) is 28.8 Å². The summed E-state index contributed by atoms with van der Waals surface area (Å²) in [5.41, 5.74) is 0.522. The van der Waals surface area contributed by atoms with E-state index < -0.39 is 12.1 Å². The zero-order valence-corrected chi connectivity index (χ0v) is 11.5. The summed E-state index contributed by atoms with van der Waals surface area (Å²) >= 11 is 0. The molecule has 1 aromatic carbocycles. The molecule has 1 amide bonds. The van der Waals surface area contributed by atoms with Crippen LogP contribution in [0, 0.1) is 0 Å². The molecule has 6 nitrogen and oxygen atoms in total. The SMILES string of the molecule is COc1cccc(NC(=O)CCc2noc(C(F)(F)F)n2)c1. The molecular weight excluding hydrogens is 303 g/mol. The fourth-order valence-corrected chi connectivity index (χ4v) is 1.62. The van der Waals surface area contributed by atoms with E-state index in [1.165, 1.54) is 7.11 Å². The lowest BCUT2D eigenvalue weighted by atomic mass is 10.2. The molecule has 0 aliphatic heterocycles. The Hall–Kier alpha value is -2.58. The number of nitrogens with zero attached hydrogens (tertiary/aromatic N) is 2. The van der Waals surface area contributed by atoms with Crippen molar-refractivity contribution >= 4 is 11.6 Å². The van der Waals surface area contributed by atoms with E-state index in [0.29, 0.717) is 11.4 Å². The third-order valence-electron chi connectivity index (χ3n) is 2.64. The van der Waals surface area contributed by atoms with Gasteiger partial charge in [0, 0.05) is 24.6 Å². The number of anilines is 1. The van der Waals surface area contributed by atoms with E-state index in [2.05, 4.69) is 20.0 Å². The van der Waals surface area contributed by atoms with Crippen molar-refractivity contribution in [2.45, 2.75) is 19.0 Å². The molecule has 0 saturated heterocycles. The fraction of sp³-hybridized carbons (Fsp3) is 0.308. The first-order valence-corrected chi connectivity index (χ1v) is 6.22. The fourth-order valence-electron chi connectivity index (χ4n) is 1.62. The van der Waals surface area contributed by atoms with Gasteiger partial charge in [-0.2, -0.15) is 18.2 Å². The molecule has 118 valence electrons. The molecule has 0 atom stereocenters. The topological polar surface area (TPSA) is 77.2 Å². The molecule has 0 unspecified atom stereocenters. The van der Waals surface area contributed by atoms with E-state index in [9.17, 15) is 18.0 Å². The minimum Gasteiger partial charge on any atom is -0.497 e. The Morgan fingerprint density at radius 3 is 2.82 bits per heavy atom. The molecule has 0 bridgehead atoms. The second-order valence-corrected chi connectivity index (χ2v) is 4.29. The number of carbonyl (C=O) groups is 1. The number of nitrogens with one attached hydrogen (secondary N) is 1. The number of alkyl halides is 3. The predicted octanol–water partition coefficient (Wildman–Crippen LogP) is 2.67. The van der Waals surface area contributed by atoms with Crippen molar-refractivity contribution in [1.82, 2.24) is 10.1 Å². The zero-order valence-electron chi connectivity index (χ0n) is 11.5. The van der Waals surface area contributed by atoms with Crippen LogP contribution in [0.3, 0.4) is 0 Å². The molecule has 22 heavy (non-hydrogen) atoms. The Balaban J connectivity index is 1.88. The first kappa shape index (κ1) is 15.8. The lowest BCUT2D eigenvalue weighted by Gasteiger charge is -2.06. The third-order valence-corrected chi connectivity index (χ3v) is 2.64. The highest BCUT2D eigenvalue weighted by molar-refractivity contribution is 5.90. The highest BCUT2D eigenvalue weighted by Gasteiger charge is 2.38. The molecule has 9 heteroatoms. The predicted molar refractivity (Wildman–Crippen MR) is 69.2 cm³/mol. The van der Waals surface area contributed by atoms with E-state index in [0.717, 1.165) is 0 Å². The summed E-state index contributed by atoms with van der Waals surface area (Å²) in [5, 5.41) is 5.78. The monoisotopic (exact) mass is 315 g/mol. The number of amides is 1. The Morgan fingerprint density at radius 1 is 1.41 bits per heavy atom. The van der Waals surface area contributed by atoms with Gasteiger partial charge in [-0.05, 0) is 12.1 Å². The van der Waals surface area contributed by atoms with Gasteiger partial charge < -0.3 is 14.6 Å². The van der Waals surface area contributed by atoms with Gasteiger partial charge in [-0.1, -0.05) is 11.2 Å². The molecule has 1 N–H and O–H groups in total. The van der Waals surface area contributed by atoms with Crippen molar-refractivity contribution in [1.29, 1.82) is 0 Å². The Labute approximate surface area is 123 Å².